The van der Waals surface area contributed by atoms with Crippen molar-refractivity contribution in [1.82, 2.24) is 10.3 Å². The molecule has 0 saturated heterocycles. The van der Waals surface area contributed by atoms with Crippen LogP contribution < -0.4 is 22.1 Å². The lowest BCUT2D eigenvalue weighted by Gasteiger charge is -2.07. The maximum absolute atomic E-state index is 10.4. The van der Waals surface area contributed by atoms with Gasteiger partial charge in [0.2, 0.25) is 0 Å². The van der Waals surface area contributed by atoms with E-state index in [1.54, 1.807) is 0 Å². The lowest BCUT2D eigenvalue weighted by molar-refractivity contribution is 0.249. The van der Waals surface area contributed by atoms with Crippen molar-refractivity contribution >= 4 is 17.5 Å². The third-order valence-electron chi connectivity index (χ3n) is 1.75. The SMILES string of the molecule is N#Cc1cc(N)cnc1NCCNC(N)=O. The van der Waals surface area contributed by atoms with Gasteiger partial charge in [0.25, 0.3) is 0 Å². The number of hydrogen-bond acceptors (Lipinski definition) is 5. The third-order valence-corrected chi connectivity index (χ3v) is 1.75. The predicted octanol–water partition coefficient (Wildman–Crippen LogP) is -0.384. The summed E-state index contributed by atoms with van der Waals surface area (Å²) in [6.07, 6.45) is 1.45. The van der Waals surface area contributed by atoms with Gasteiger partial charge in [0.05, 0.1) is 17.4 Å². The Hall–Kier alpha value is -2.49. The third kappa shape index (κ3) is 3.34. The quantitative estimate of drug-likeness (QED) is 0.513. The molecule has 7 nitrogen and oxygen atoms in total. The van der Waals surface area contributed by atoms with Gasteiger partial charge in [-0.15, -0.1) is 0 Å². The van der Waals surface area contributed by atoms with Crippen LogP contribution in [-0.4, -0.2) is 24.1 Å². The van der Waals surface area contributed by atoms with Crippen LogP contribution in [0.25, 0.3) is 0 Å². The van der Waals surface area contributed by atoms with Crippen LogP contribution in [0.2, 0.25) is 0 Å². The van der Waals surface area contributed by atoms with Crippen molar-refractivity contribution in [2.75, 3.05) is 24.1 Å². The van der Waals surface area contributed by atoms with E-state index in [9.17, 15) is 4.79 Å². The Morgan fingerprint density at radius 3 is 2.94 bits per heavy atom. The Morgan fingerprint density at radius 2 is 2.31 bits per heavy atom. The van der Waals surface area contributed by atoms with Crippen LogP contribution in [0.3, 0.4) is 0 Å². The van der Waals surface area contributed by atoms with Crippen LogP contribution in [0.15, 0.2) is 12.3 Å². The second-order valence-corrected chi connectivity index (χ2v) is 2.99. The summed E-state index contributed by atoms with van der Waals surface area (Å²) in [7, 11) is 0. The van der Waals surface area contributed by atoms with Crippen LogP contribution in [0, 0.1) is 11.3 Å². The molecule has 7 heteroatoms. The first kappa shape index (κ1) is 11.6. The van der Waals surface area contributed by atoms with E-state index in [1.165, 1.54) is 12.3 Å². The summed E-state index contributed by atoms with van der Waals surface area (Å²) in [4.78, 5) is 14.3. The Morgan fingerprint density at radius 1 is 1.56 bits per heavy atom. The number of urea groups is 1. The molecule has 0 aliphatic carbocycles. The molecule has 1 heterocycles. The summed E-state index contributed by atoms with van der Waals surface area (Å²) in [6.45, 7) is 0.779. The summed E-state index contributed by atoms with van der Waals surface area (Å²) in [5.74, 6) is 0.433. The average molecular weight is 220 g/mol. The molecular formula is C9H12N6O. The van der Waals surface area contributed by atoms with Crippen molar-refractivity contribution in [2.45, 2.75) is 0 Å². The molecule has 0 saturated carbocycles. The minimum absolute atomic E-state index is 0.353. The zero-order valence-electron chi connectivity index (χ0n) is 8.53. The number of hydrogen-bond donors (Lipinski definition) is 4. The van der Waals surface area contributed by atoms with E-state index >= 15 is 0 Å². The zero-order chi connectivity index (χ0) is 12.0. The molecule has 0 unspecified atom stereocenters. The highest BCUT2D eigenvalue weighted by molar-refractivity contribution is 5.71. The first-order valence-electron chi connectivity index (χ1n) is 4.56. The molecule has 1 rings (SSSR count). The van der Waals surface area contributed by atoms with Crippen LogP contribution in [0.5, 0.6) is 0 Å². The lowest BCUT2D eigenvalue weighted by Crippen LogP contribution is -2.33. The van der Waals surface area contributed by atoms with Crippen LogP contribution in [0.4, 0.5) is 16.3 Å². The number of rotatable bonds is 4. The van der Waals surface area contributed by atoms with Crippen LogP contribution in [0.1, 0.15) is 5.56 Å². The second-order valence-electron chi connectivity index (χ2n) is 2.99. The predicted molar refractivity (Wildman–Crippen MR) is 59.4 cm³/mol. The summed E-state index contributed by atoms with van der Waals surface area (Å²) in [5, 5.41) is 14.1. The van der Waals surface area contributed by atoms with E-state index in [0.29, 0.717) is 30.2 Å². The van der Waals surface area contributed by atoms with Crippen molar-refractivity contribution in [3.8, 4) is 6.07 Å². The number of pyridine rings is 1. The molecular weight excluding hydrogens is 208 g/mol. The molecule has 16 heavy (non-hydrogen) atoms. The first-order valence-corrected chi connectivity index (χ1v) is 4.56. The van der Waals surface area contributed by atoms with Crippen molar-refractivity contribution in [3.05, 3.63) is 17.8 Å². The number of nitriles is 1. The van der Waals surface area contributed by atoms with Crippen molar-refractivity contribution in [2.24, 2.45) is 5.73 Å². The Labute approximate surface area is 92.4 Å². The number of nitrogen functional groups attached to an aromatic ring is 1. The highest BCUT2D eigenvalue weighted by atomic mass is 16.2. The number of primary amides is 1. The fraction of sp³-hybridized carbons (Fsp3) is 0.222. The average Bonchev–Trinajstić information content (AvgIpc) is 2.25. The van der Waals surface area contributed by atoms with Crippen LogP contribution in [-0.2, 0) is 0 Å². The van der Waals surface area contributed by atoms with Gasteiger partial charge in [-0.25, -0.2) is 9.78 Å². The molecule has 0 aliphatic heterocycles. The van der Waals surface area contributed by atoms with Crippen molar-refractivity contribution in [1.29, 1.82) is 5.26 Å². The van der Waals surface area contributed by atoms with Gasteiger partial charge in [-0.2, -0.15) is 5.26 Å². The molecule has 0 spiro atoms. The minimum atomic E-state index is -0.590. The molecule has 0 fully saturated rings. The number of carbonyl (C=O) groups excluding carboxylic acids is 1. The molecule has 0 aliphatic rings. The van der Waals surface area contributed by atoms with Crippen molar-refractivity contribution < 1.29 is 4.79 Å². The van der Waals surface area contributed by atoms with E-state index in [1.807, 2.05) is 6.07 Å². The summed E-state index contributed by atoms with van der Waals surface area (Å²) >= 11 is 0. The number of aromatic nitrogens is 1. The zero-order valence-corrected chi connectivity index (χ0v) is 8.53. The molecule has 6 N–H and O–H groups in total. The first-order chi connectivity index (χ1) is 7.63. The second kappa shape index (κ2) is 5.41. The number of nitrogens with one attached hydrogen (secondary N) is 2. The fourth-order valence-corrected chi connectivity index (χ4v) is 1.07. The van der Waals surface area contributed by atoms with Gasteiger partial charge in [0.1, 0.15) is 11.9 Å². The van der Waals surface area contributed by atoms with Gasteiger partial charge in [-0.3, -0.25) is 0 Å². The number of anilines is 2. The smallest absolute Gasteiger partial charge is 0.312 e. The maximum Gasteiger partial charge on any atom is 0.312 e. The maximum atomic E-state index is 10.4. The van der Waals surface area contributed by atoms with E-state index in [4.69, 9.17) is 16.7 Å². The van der Waals surface area contributed by atoms with Gasteiger partial charge in [0.15, 0.2) is 0 Å². The molecule has 0 radical (unpaired) electrons. The van der Waals surface area contributed by atoms with E-state index in [2.05, 4.69) is 15.6 Å². The summed E-state index contributed by atoms with van der Waals surface area (Å²) < 4.78 is 0. The van der Waals surface area contributed by atoms with Gasteiger partial charge >= 0.3 is 6.03 Å². The molecule has 84 valence electrons. The van der Waals surface area contributed by atoms with Crippen LogP contribution >= 0.6 is 0 Å². The molecule has 1 aromatic heterocycles. The minimum Gasteiger partial charge on any atom is -0.397 e. The standard InChI is InChI=1S/C9H12N6O/c10-4-6-3-7(11)5-15-8(6)13-1-2-14-9(12)16/h3,5H,1-2,11H2,(H,13,15)(H3,12,14,16). The summed E-state index contributed by atoms with van der Waals surface area (Å²) in [6, 6.07) is 2.90. The Kier molecular flexibility index (Phi) is 3.91. The van der Waals surface area contributed by atoms with Gasteiger partial charge in [0, 0.05) is 13.1 Å². The largest absolute Gasteiger partial charge is 0.397 e. The number of carbonyl (C=O) groups is 1. The van der Waals surface area contributed by atoms with E-state index < -0.39 is 6.03 Å². The van der Waals surface area contributed by atoms with Crippen molar-refractivity contribution in [3.63, 3.8) is 0 Å². The number of nitrogens with two attached hydrogens (primary N) is 2. The normalized spacial score (nSPS) is 9.19. The van der Waals surface area contributed by atoms with Gasteiger partial charge in [-0.1, -0.05) is 0 Å². The Bertz CT molecular complexity index is 424. The fourth-order valence-electron chi connectivity index (χ4n) is 1.07. The molecule has 2 amide bonds. The van der Waals surface area contributed by atoms with E-state index in [0.717, 1.165) is 0 Å². The number of amides is 2. The molecule has 0 atom stereocenters. The molecule has 0 bridgehead atoms. The molecule has 0 aromatic carbocycles. The lowest BCUT2D eigenvalue weighted by atomic mass is 10.2. The topological polar surface area (TPSA) is 130 Å². The van der Waals surface area contributed by atoms with Gasteiger partial charge < -0.3 is 22.1 Å². The highest BCUT2D eigenvalue weighted by Crippen LogP contribution is 2.13. The summed E-state index contributed by atoms with van der Waals surface area (Å²) in [5.41, 5.74) is 11.2. The number of nitrogens with zero attached hydrogens (tertiary/aromatic N) is 2. The monoisotopic (exact) mass is 220 g/mol. The van der Waals surface area contributed by atoms with E-state index in [-0.39, 0.29) is 0 Å². The molecule has 1 aromatic rings. The Balaban J connectivity index is 2.54. The highest BCUT2D eigenvalue weighted by Gasteiger charge is 2.03. The van der Waals surface area contributed by atoms with Gasteiger partial charge in [-0.05, 0) is 6.07 Å².